The van der Waals surface area contributed by atoms with Crippen molar-refractivity contribution in [1.29, 1.82) is 0 Å². The van der Waals surface area contributed by atoms with Gasteiger partial charge >= 0.3 is 0 Å². The summed E-state index contributed by atoms with van der Waals surface area (Å²) in [7, 11) is 1.54. The van der Waals surface area contributed by atoms with Crippen LogP contribution in [-0.2, 0) is 0 Å². The van der Waals surface area contributed by atoms with Crippen LogP contribution in [0.3, 0.4) is 0 Å². The fourth-order valence-corrected chi connectivity index (χ4v) is 2.62. The highest BCUT2D eigenvalue weighted by molar-refractivity contribution is 9.10. The molecular weight excluding hydrogens is 344 g/mol. The highest BCUT2D eigenvalue weighted by Gasteiger charge is 2.11. The summed E-state index contributed by atoms with van der Waals surface area (Å²) in [5.41, 5.74) is 5.12. The summed E-state index contributed by atoms with van der Waals surface area (Å²) in [6, 6.07) is 8.33. The van der Waals surface area contributed by atoms with Crippen LogP contribution in [0.2, 0.25) is 0 Å². The second-order valence-electron chi connectivity index (χ2n) is 3.73. The molecule has 0 unspecified atom stereocenters. The Labute approximate surface area is 128 Å². The van der Waals surface area contributed by atoms with Crippen LogP contribution < -0.4 is 15.6 Å². The summed E-state index contributed by atoms with van der Waals surface area (Å²) in [6.07, 6.45) is 0. The van der Waals surface area contributed by atoms with Gasteiger partial charge in [-0.2, -0.15) is 0 Å². The van der Waals surface area contributed by atoms with Gasteiger partial charge in [-0.15, -0.1) is 11.3 Å². The molecule has 0 saturated heterocycles. The topological polar surface area (TPSA) is 67.4 Å². The Morgan fingerprint density at radius 1 is 1.20 bits per heavy atom. The first-order valence-corrected chi connectivity index (χ1v) is 7.27. The number of carbonyl (C=O) groups excluding carboxylic acids is 2. The molecule has 2 N–H and O–H groups in total. The highest BCUT2D eigenvalue weighted by atomic mass is 79.9. The van der Waals surface area contributed by atoms with Gasteiger partial charge in [-0.1, -0.05) is 6.07 Å². The molecule has 0 fully saturated rings. The molecule has 0 saturated carbocycles. The smallest absolute Gasteiger partial charge is 0.279 e. The summed E-state index contributed by atoms with van der Waals surface area (Å²) < 4.78 is 5.74. The number of hydrogen-bond acceptors (Lipinski definition) is 4. The number of hydrazine groups is 1. The van der Waals surface area contributed by atoms with Gasteiger partial charge in [0.25, 0.3) is 11.8 Å². The lowest BCUT2D eigenvalue weighted by Crippen LogP contribution is -2.41. The average Bonchev–Trinajstić information content (AvgIpc) is 2.98. The number of benzene rings is 1. The second kappa shape index (κ2) is 6.53. The maximum atomic E-state index is 11.9. The summed E-state index contributed by atoms with van der Waals surface area (Å²) in [5.74, 6) is -0.122. The van der Waals surface area contributed by atoms with E-state index in [1.54, 1.807) is 42.8 Å². The molecule has 1 aromatic carbocycles. The third kappa shape index (κ3) is 3.37. The second-order valence-corrected chi connectivity index (χ2v) is 5.54. The molecule has 0 aliphatic heterocycles. The Bertz CT molecular complexity index is 629. The van der Waals surface area contributed by atoms with E-state index >= 15 is 0 Å². The Hall–Kier alpha value is -1.86. The Kier molecular flexibility index (Phi) is 4.75. The van der Waals surface area contributed by atoms with E-state index in [-0.39, 0.29) is 5.91 Å². The van der Waals surface area contributed by atoms with Gasteiger partial charge < -0.3 is 4.74 Å². The molecular formula is C13H11BrN2O3S. The van der Waals surface area contributed by atoms with Crippen molar-refractivity contribution < 1.29 is 14.3 Å². The molecule has 2 aromatic rings. The summed E-state index contributed by atoms with van der Waals surface area (Å²) in [6.45, 7) is 0. The third-order valence-corrected chi connectivity index (χ3v) is 3.94. The van der Waals surface area contributed by atoms with Crippen molar-refractivity contribution in [2.24, 2.45) is 0 Å². The number of methoxy groups -OCH3 is 1. The van der Waals surface area contributed by atoms with Gasteiger partial charge in [0, 0.05) is 5.56 Å². The van der Waals surface area contributed by atoms with Gasteiger partial charge in [-0.25, -0.2) is 0 Å². The van der Waals surface area contributed by atoms with E-state index in [2.05, 4.69) is 26.8 Å². The molecule has 0 radical (unpaired) electrons. The number of hydrogen-bond donors (Lipinski definition) is 2. The SMILES string of the molecule is COc1ccc(C(=O)NNC(=O)c2cccs2)cc1Br. The number of halogens is 1. The largest absolute Gasteiger partial charge is 0.496 e. The quantitative estimate of drug-likeness (QED) is 0.832. The van der Waals surface area contributed by atoms with E-state index in [4.69, 9.17) is 4.74 Å². The minimum absolute atomic E-state index is 0.346. The molecule has 2 rings (SSSR count). The number of amides is 2. The molecule has 7 heteroatoms. The van der Waals surface area contributed by atoms with Crippen LogP contribution in [0.5, 0.6) is 5.75 Å². The normalized spacial score (nSPS) is 9.90. The summed E-state index contributed by atoms with van der Waals surface area (Å²) >= 11 is 4.59. The molecule has 0 aliphatic rings. The van der Waals surface area contributed by atoms with E-state index in [1.807, 2.05) is 0 Å². The van der Waals surface area contributed by atoms with Crippen molar-refractivity contribution in [3.8, 4) is 5.75 Å². The van der Waals surface area contributed by atoms with Crippen LogP contribution >= 0.6 is 27.3 Å². The Balaban J connectivity index is 1.98. The van der Waals surface area contributed by atoms with E-state index in [9.17, 15) is 9.59 Å². The lowest BCUT2D eigenvalue weighted by molar-refractivity contribution is 0.0849. The third-order valence-electron chi connectivity index (χ3n) is 2.45. The van der Waals surface area contributed by atoms with Crippen LogP contribution in [0.1, 0.15) is 20.0 Å². The number of nitrogens with one attached hydrogen (secondary N) is 2. The molecule has 1 heterocycles. The molecule has 0 spiro atoms. The monoisotopic (exact) mass is 354 g/mol. The van der Waals surface area contributed by atoms with Gasteiger partial charge in [-0.05, 0) is 45.6 Å². The van der Waals surface area contributed by atoms with E-state index in [0.717, 1.165) is 0 Å². The van der Waals surface area contributed by atoms with Crippen molar-refractivity contribution in [1.82, 2.24) is 10.9 Å². The predicted molar refractivity (Wildman–Crippen MR) is 79.9 cm³/mol. The van der Waals surface area contributed by atoms with Crippen molar-refractivity contribution in [2.75, 3.05) is 7.11 Å². The zero-order chi connectivity index (χ0) is 14.5. The van der Waals surface area contributed by atoms with Crippen molar-refractivity contribution in [2.45, 2.75) is 0 Å². The Morgan fingerprint density at radius 3 is 2.55 bits per heavy atom. The van der Waals surface area contributed by atoms with E-state index in [1.165, 1.54) is 11.3 Å². The highest BCUT2D eigenvalue weighted by Crippen LogP contribution is 2.25. The zero-order valence-corrected chi connectivity index (χ0v) is 12.9. The van der Waals surface area contributed by atoms with Gasteiger partial charge in [0.15, 0.2) is 0 Å². The molecule has 104 valence electrons. The Morgan fingerprint density at radius 2 is 1.95 bits per heavy atom. The molecule has 5 nitrogen and oxygen atoms in total. The fourth-order valence-electron chi connectivity index (χ4n) is 1.46. The molecule has 1 aromatic heterocycles. The lowest BCUT2D eigenvalue weighted by atomic mass is 10.2. The first-order valence-electron chi connectivity index (χ1n) is 5.59. The van der Waals surface area contributed by atoms with Crippen LogP contribution in [-0.4, -0.2) is 18.9 Å². The molecule has 20 heavy (non-hydrogen) atoms. The number of thiophene rings is 1. The first kappa shape index (κ1) is 14.5. The summed E-state index contributed by atoms with van der Waals surface area (Å²) in [4.78, 5) is 24.1. The van der Waals surface area contributed by atoms with Gasteiger partial charge in [0.2, 0.25) is 0 Å². The standard InChI is InChI=1S/C13H11BrN2O3S/c1-19-10-5-4-8(7-9(10)14)12(17)15-16-13(18)11-3-2-6-20-11/h2-7H,1H3,(H,15,17)(H,16,18). The van der Waals surface area contributed by atoms with Gasteiger partial charge in [-0.3, -0.25) is 20.4 Å². The van der Waals surface area contributed by atoms with Crippen molar-refractivity contribution >= 4 is 39.1 Å². The van der Waals surface area contributed by atoms with Crippen LogP contribution in [0.25, 0.3) is 0 Å². The average molecular weight is 355 g/mol. The van der Waals surface area contributed by atoms with Crippen molar-refractivity contribution in [3.63, 3.8) is 0 Å². The number of ether oxygens (including phenoxy) is 1. The maximum absolute atomic E-state index is 11.9. The number of carbonyl (C=O) groups is 2. The maximum Gasteiger partial charge on any atom is 0.279 e. The minimum Gasteiger partial charge on any atom is -0.496 e. The molecule has 2 amide bonds. The first-order chi connectivity index (χ1) is 9.61. The van der Waals surface area contributed by atoms with Crippen LogP contribution in [0.15, 0.2) is 40.2 Å². The number of rotatable bonds is 3. The fraction of sp³-hybridized carbons (Fsp3) is 0.0769. The lowest BCUT2D eigenvalue weighted by Gasteiger charge is -2.08. The van der Waals surface area contributed by atoms with Crippen molar-refractivity contribution in [3.05, 3.63) is 50.6 Å². The summed E-state index contributed by atoms with van der Waals surface area (Å²) in [5, 5.41) is 1.79. The molecule has 0 bridgehead atoms. The molecule has 0 aliphatic carbocycles. The van der Waals surface area contributed by atoms with Crippen LogP contribution in [0.4, 0.5) is 0 Å². The predicted octanol–water partition coefficient (Wildman–Crippen LogP) is 2.59. The van der Waals surface area contributed by atoms with Crippen LogP contribution in [0, 0.1) is 0 Å². The van der Waals surface area contributed by atoms with Gasteiger partial charge in [0.1, 0.15) is 5.75 Å². The van der Waals surface area contributed by atoms with E-state index in [0.29, 0.717) is 20.7 Å². The minimum atomic E-state index is -0.404. The van der Waals surface area contributed by atoms with E-state index < -0.39 is 5.91 Å². The zero-order valence-electron chi connectivity index (χ0n) is 10.5. The molecule has 0 atom stereocenters. The van der Waals surface area contributed by atoms with Gasteiger partial charge in [0.05, 0.1) is 16.5 Å².